The summed E-state index contributed by atoms with van der Waals surface area (Å²) in [7, 11) is -3.77. The predicted octanol–water partition coefficient (Wildman–Crippen LogP) is 5.36. The largest absolute Gasteiger partial charge is 0.368 e. The molecule has 5 rings (SSSR count). The van der Waals surface area contributed by atoms with Crippen LogP contribution in [0.2, 0.25) is 0 Å². The minimum Gasteiger partial charge on any atom is -0.368 e. The number of carbonyl (C=O) groups excluding carboxylic acids is 1. The first-order valence-electron chi connectivity index (χ1n) is 12.0. The minimum absolute atomic E-state index is 0.200. The normalized spacial score (nSPS) is 16.7. The van der Waals surface area contributed by atoms with Crippen LogP contribution in [0.25, 0.3) is 10.8 Å². The van der Waals surface area contributed by atoms with E-state index in [-0.39, 0.29) is 16.8 Å². The van der Waals surface area contributed by atoms with Gasteiger partial charge < -0.3 is 10.2 Å². The summed E-state index contributed by atoms with van der Waals surface area (Å²) in [4.78, 5) is 13.9. The number of hydrogen-bond acceptors (Lipinski definition) is 4. The average Bonchev–Trinajstić information content (AvgIpc) is 2.89. The molecule has 0 radical (unpaired) electrons. The van der Waals surface area contributed by atoms with Crippen molar-refractivity contribution in [2.45, 2.75) is 24.8 Å². The Morgan fingerprint density at radius 1 is 0.833 bits per heavy atom. The highest BCUT2D eigenvalue weighted by Gasteiger charge is 2.37. The first-order chi connectivity index (χ1) is 17.3. The van der Waals surface area contributed by atoms with Crippen molar-refractivity contribution in [3.8, 4) is 0 Å². The fourth-order valence-corrected chi connectivity index (χ4v) is 6.57. The molecule has 1 aliphatic heterocycles. The van der Waals surface area contributed by atoms with Crippen molar-refractivity contribution < 1.29 is 13.2 Å². The van der Waals surface area contributed by atoms with E-state index in [4.69, 9.17) is 0 Å². The molecule has 1 fully saturated rings. The van der Waals surface area contributed by atoms with Gasteiger partial charge >= 0.3 is 0 Å². The first-order valence-corrected chi connectivity index (χ1v) is 13.5. The molecule has 1 N–H and O–H groups in total. The number of benzene rings is 4. The van der Waals surface area contributed by atoms with E-state index in [0.29, 0.717) is 25.3 Å². The van der Waals surface area contributed by atoms with Crippen LogP contribution >= 0.6 is 0 Å². The van der Waals surface area contributed by atoms with Gasteiger partial charge in [-0.3, -0.25) is 4.79 Å². The molecular weight excluding hydrogens is 470 g/mol. The van der Waals surface area contributed by atoms with Crippen LogP contribution in [-0.2, 0) is 14.8 Å². The molecule has 1 amide bonds. The number of carbonyl (C=O) groups is 1. The molecule has 0 saturated carbocycles. The summed E-state index contributed by atoms with van der Waals surface area (Å²) in [5, 5.41) is 5.07. The SMILES string of the molecule is CC(=O)Nc1ccc(S(=O)(=O)N2CCN(c3ccc(C)c4ccccc34)CC2c2ccccc2)cc1. The van der Waals surface area contributed by atoms with Gasteiger partial charge in [0.15, 0.2) is 0 Å². The number of amides is 1. The summed E-state index contributed by atoms with van der Waals surface area (Å²) in [6.45, 7) is 5.02. The van der Waals surface area contributed by atoms with Crippen molar-refractivity contribution in [3.05, 3.63) is 102 Å². The van der Waals surface area contributed by atoms with E-state index in [1.54, 1.807) is 28.6 Å². The van der Waals surface area contributed by atoms with Crippen LogP contribution in [0.1, 0.15) is 24.1 Å². The number of hydrogen-bond donors (Lipinski definition) is 1. The van der Waals surface area contributed by atoms with Crippen molar-refractivity contribution in [1.82, 2.24) is 4.31 Å². The number of aryl methyl sites for hydroxylation is 1. The van der Waals surface area contributed by atoms with Gasteiger partial charge in [0.05, 0.1) is 10.9 Å². The quantitative estimate of drug-likeness (QED) is 0.401. The zero-order chi connectivity index (χ0) is 25.3. The van der Waals surface area contributed by atoms with Crippen molar-refractivity contribution in [3.63, 3.8) is 0 Å². The fraction of sp³-hybridized carbons (Fsp3) is 0.207. The monoisotopic (exact) mass is 499 g/mol. The Kier molecular flexibility index (Phi) is 6.51. The van der Waals surface area contributed by atoms with Crippen molar-refractivity contribution in [2.24, 2.45) is 0 Å². The average molecular weight is 500 g/mol. The maximum absolute atomic E-state index is 13.8. The standard InChI is InChI=1S/C29H29N3O3S/c1-21-12-17-28(27-11-7-6-10-26(21)27)31-18-19-32(29(20-31)23-8-4-3-5-9-23)36(34,35)25-15-13-24(14-16-25)30-22(2)33/h3-17,29H,18-20H2,1-2H3,(H,30,33). The van der Waals surface area contributed by atoms with Gasteiger partial charge in [0.1, 0.15) is 0 Å². The zero-order valence-electron chi connectivity index (χ0n) is 20.4. The second kappa shape index (κ2) is 9.76. The molecule has 0 bridgehead atoms. The summed E-state index contributed by atoms with van der Waals surface area (Å²) in [6.07, 6.45) is 0. The molecule has 1 atom stereocenters. The van der Waals surface area contributed by atoms with E-state index in [1.807, 2.05) is 42.5 Å². The molecular formula is C29H29N3O3S. The molecule has 4 aromatic carbocycles. The Labute approximate surface area is 212 Å². The molecule has 1 aliphatic rings. The van der Waals surface area contributed by atoms with Crippen molar-refractivity contribution in [1.29, 1.82) is 0 Å². The lowest BCUT2D eigenvalue weighted by Gasteiger charge is -2.42. The number of nitrogens with one attached hydrogen (secondary N) is 1. The van der Waals surface area contributed by atoms with Crippen LogP contribution in [-0.4, -0.2) is 38.3 Å². The van der Waals surface area contributed by atoms with Gasteiger partial charge in [-0.25, -0.2) is 8.42 Å². The van der Waals surface area contributed by atoms with Crippen molar-refractivity contribution >= 4 is 38.1 Å². The third-order valence-electron chi connectivity index (χ3n) is 6.76. The molecule has 0 aliphatic carbocycles. The molecule has 36 heavy (non-hydrogen) atoms. The highest BCUT2D eigenvalue weighted by molar-refractivity contribution is 7.89. The van der Waals surface area contributed by atoms with E-state index in [0.717, 1.165) is 11.3 Å². The van der Waals surface area contributed by atoms with Gasteiger partial charge in [-0.15, -0.1) is 0 Å². The Balaban J connectivity index is 1.51. The molecule has 6 nitrogen and oxygen atoms in total. The highest BCUT2D eigenvalue weighted by Crippen LogP contribution is 2.36. The predicted molar refractivity (Wildman–Crippen MR) is 145 cm³/mol. The van der Waals surface area contributed by atoms with E-state index in [1.165, 1.54) is 23.3 Å². The van der Waals surface area contributed by atoms with Crippen LogP contribution in [0.15, 0.2) is 95.9 Å². The van der Waals surface area contributed by atoms with Crippen LogP contribution in [0, 0.1) is 6.92 Å². The lowest BCUT2D eigenvalue weighted by molar-refractivity contribution is -0.114. The van der Waals surface area contributed by atoms with Gasteiger partial charge in [-0.1, -0.05) is 60.7 Å². The topological polar surface area (TPSA) is 69.7 Å². The van der Waals surface area contributed by atoms with E-state index >= 15 is 0 Å². The van der Waals surface area contributed by atoms with Gasteiger partial charge in [-0.05, 0) is 53.8 Å². The summed E-state index contributed by atoms with van der Waals surface area (Å²) >= 11 is 0. The van der Waals surface area contributed by atoms with Gasteiger partial charge in [0.2, 0.25) is 15.9 Å². The van der Waals surface area contributed by atoms with E-state index < -0.39 is 10.0 Å². The second-order valence-electron chi connectivity index (χ2n) is 9.14. The van der Waals surface area contributed by atoms with E-state index in [9.17, 15) is 13.2 Å². The van der Waals surface area contributed by atoms with Crippen LogP contribution in [0.4, 0.5) is 11.4 Å². The number of rotatable bonds is 5. The molecule has 1 unspecified atom stereocenters. The molecule has 7 heteroatoms. The van der Waals surface area contributed by atoms with Gasteiger partial charge in [-0.2, -0.15) is 4.31 Å². The Morgan fingerprint density at radius 2 is 1.50 bits per heavy atom. The first kappa shape index (κ1) is 24.0. The number of fused-ring (bicyclic) bond motifs is 1. The molecule has 1 saturated heterocycles. The molecule has 1 heterocycles. The highest BCUT2D eigenvalue weighted by atomic mass is 32.2. The smallest absolute Gasteiger partial charge is 0.243 e. The van der Waals surface area contributed by atoms with Gasteiger partial charge in [0.25, 0.3) is 0 Å². The number of nitrogens with zero attached hydrogens (tertiary/aromatic N) is 2. The number of sulfonamides is 1. The lowest BCUT2D eigenvalue weighted by atomic mass is 10.0. The fourth-order valence-electron chi connectivity index (χ4n) is 4.98. The summed E-state index contributed by atoms with van der Waals surface area (Å²) in [5.74, 6) is -0.200. The van der Waals surface area contributed by atoms with Crippen LogP contribution in [0.5, 0.6) is 0 Å². The van der Waals surface area contributed by atoms with Crippen molar-refractivity contribution in [2.75, 3.05) is 29.9 Å². The minimum atomic E-state index is -3.77. The summed E-state index contributed by atoms with van der Waals surface area (Å²) in [5.41, 5.74) is 3.86. The maximum atomic E-state index is 13.8. The maximum Gasteiger partial charge on any atom is 0.243 e. The Bertz CT molecular complexity index is 1500. The summed E-state index contributed by atoms with van der Waals surface area (Å²) < 4.78 is 29.3. The molecule has 4 aromatic rings. The lowest BCUT2D eigenvalue weighted by Crippen LogP contribution is -2.50. The summed E-state index contributed by atoms with van der Waals surface area (Å²) in [6, 6.07) is 28.5. The van der Waals surface area contributed by atoms with E-state index in [2.05, 4.69) is 41.4 Å². The third-order valence-corrected chi connectivity index (χ3v) is 8.68. The number of anilines is 2. The third kappa shape index (κ3) is 4.59. The van der Waals surface area contributed by atoms with Crippen LogP contribution in [0.3, 0.4) is 0 Å². The molecule has 0 aromatic heterocycles. The van der Waals surface area contributed by atoms with Gasteiger partial charge in [0, 0.05) is 43.3 Å². The Morgan fingerprint density at radius 3 is 2.19 bits per heavy atom. The molecule has 0 spiro atoms. The van der Waals surface area contributed by atoms with Crippen LogP contribution < -0.4 is 10.2 Å². The second-order valence-corrected chi connectivity index (χ2v) is 11.0. The zero-order valence-corrected chi connectivity index (χ0v) is 21.2. The number of piperazine rings is 1. The molecule has 184 valence electrons. The Hall–Kier alpha value is -3.68.